The fourth-order valence-electron chi connectivity index (χ4n) is 1.70. The Kier molecular flexibility index (Phi) is 4.01. The first-order valence-electron chi connectivity index (χ1n) is 5.88. The lowest BCUT2D eigenvalue weighted by Gasteiger charge is -2.10. The van der Waals surface area contributed by atoms with Gasteiger partial charge in [0.25, 0.3) is 0 Å². The maximum absolute atomic E-state index is 9.18. The van der Waals surface area contributed by atoms with E-state index in [1.165, 1.54) is 0 Å². The van der Waals surface area contributed by atoms with E-state index in [1.54, 1.807) is 42.5 Å². The fraction of sp³-hybridized carbons (Fsp3) is 0. The molecule has 0 aliphatic rings. The molecule has 0 bridgehead atoms. The predicted octanol–water partition coefficient (Wildman–Crippen LogP) is 3.20. The van der Waals surface area contributed by atoms with Crippen LogP contribution in [0.5, 0.6) is 11.5 Å². The summed E-state index contributed by atoms with van der Waals surface area (Å²) in [5.74, 6) is 1.13. The van der Waals surface area contributed by atoms with Crippen LogP contribution in [-0.4, -0.2) is 0 Å². The van der Waals surface area contributed by atoms with Gasteiger partial charge in [-0.3, -0.25) is 0 Å². The summed E-state index contributed by atoms with van der Waals surface area (Å²) in [7, 11) is 0. The van der Waals surface area contributed by atoms with E-state index in [0.717, 1.165) is 0 Å². The molecule has 0 heterocycles. The van der Waals surface area contributed by atoms with Crippen LogP contribution in [0.4, 0.5) is 0 Å². The quantitative estimate of drug-likeness (QED) is 0.860. The van der Waals surface area contributed by atoms with Crippen LogP contribution >= 0.6 is 0 Å². The summed E-state index contributed by atoms with van der Waals surface area (Å²) in [5.41, 5.74) is 6.04. The highest BCUT2D eigenvalue weighted by molar-refractivity contribution is 5.84. The van der Waals surface area contributed by atoms with Crippen LogP contribution in [0, 0.1) is 22.7 Å². The van der Waals surface area contributed by atoms with Crippen LogP contribution in [0.3, 0.4) is 0 Å². The highest BCUT2D eigenvalue weighted by atomic mass is 16.5. The third-order valence-electron chi connectivity index (χ3n) is 2.63. The van der Waals surface area contributed by atoms with Crippen LogP contribution < -0.4 is 10.5 Å². The molecule has 2 rings (SSSR count). The smallest absolute Gasteiger partial charge is 0.136 e. The highest BCUT2D eigenvalue weighted by Gasteiger charge is 2.12. The maximum atomic E-state index is 9.18. The monoisotopic (exact) mass is 261 g/mol. The summed E-state index contributed by atoms with van der Waals surface area (Å²) in [5, 5.41) is 18.0. The van der Waals surface area contributed by atoms with E-state index < -0.39 is 0 Å². The zero-order chi connectivity index (χ0) is 14.4. The van der Waals surface area contributed by atoms with Gasteiger partial charge in [0.15, 0.2) is 0 Å². The number of nitrogens with zero attached hydrogens (tertiary/aromatic N) is 2. The van der Waals surface area contributed by atoms with Crippen molar-refractivity contribution >= 4 is 5.57 Å². The molecule has 2 N–H and O–H groups in total. The SMILES string of the molecule is N#C/C(N)=C(/C#N)c1ccccc1Oc1ccccc1. The normalized spacial score (nSPS) is 10.9. The number of para-hydroxylation sites is 2. The lowest BCUT2D eigenvalue weighted by atomic mass is 10.0. The Morgan fingerprint density at radius 1 is 0.900 bits per heavy atom. The van der Waals surface area contributed by atoms with Gasteiger partial charge < -0.3 is 10.5 Å². The standard InChI is InChI=1S/C16H11N3O/c17-10-14(15(19)11-18)13-8-4-5-9-16(13)20-12-6-2-1-3-7-12/h1-9H,19H2/b15-14+. The predicted molar refractivity (Wildman–Crippen MR) is 75.3 cm³/mol. The van der Waals surface area contributed by atoms with Crippen molar-refractivity contribution in [2.24, 2.45) is 5.73 Å². The van der Waals surface area contributed by atoms with Crippen LogP contribution in [0.15, 0.2) is 60.3 Å². The minimum Gasteiger partial charge on any atom is -0.457 e. The molecule has 0 saturated carbocycles. The number of nitrogens with two attached hydrogens (primary N) is 1. The molecule has 20 heavy (non-hydrogen) atoms. The van der Waals surface area contributed by atoms with Gasteiger partial charge >= 0.3 is 0 Å². The minimum atomic E-state index is -0.128. The van der Waals surface area contributed by atoms with Gasteiger partial charge in [-0.05, 0) is 24.3 Å². The molecular weight excluding hydrogens is 250 g/mol. The number of hydrogen-bond donors (Lipinski definition) is 1. The molecule has 0 spiro atoms. The van der Waals surface area contributed by atoms with Gasteiger partial charge in [0, 0.05) is 5.56 Å². The van der Waals surface area contributed by atoms with E-state index in [-0.39, 0.29) is 11.3 Å². The molecule has 0 saturated heterocycles. The summed E-state index contributed by atoms with van der Waals surface area (Å²) >= 11 is 0. The number of ether oxygens (including phenoxy) is 1. The van der Waals surface area contributed by atoms with Crippen LogP contribution in [0.25, 0.3) is 5.57 Å². The summed E-state index contributed by atoms with van der Waals surface area (Å²) in [6.07, 6.45) is 0. The molecule has 2 aromatic carbocycles. The summed E-state index contributed by atoms with van der Waals surface area (Å²) in [6, 6.07) is 19.9. The van der Waals surface area contributed by atoms with Crippen molar-refractivity contribution in [3.8, 4) is 23.6 Å². The van der Waals surface area contributed by atoms with Gasteiger partial charge in [0.05, 0.1) is 5.57 Å². The zero-order valence-corrected chi connectivity index (χ0v) is 10.6. The summed E-state index contributed by atoms with van der Waals surface area (Å²) in [6.45, 7) is 0. The zero-order valence-electron chi connectivity index (χ0n) is 10.6. The van der Waals surface area contributed by atoms with Gasteiger partial charge in [0.1, 0.15) is 29.3 Å². The van der Waals surface area contributed by atoms with Crippen molar-refractivity contribution in [1.82, 2.24) is 0 Å². The molecule has 2 aromatic rings. The second-order valence-corrected chi connectivity index (χ2v) is 3.92. The van der Waals surface area contributed by atoms with Crippen LogP contribution in [0.1, 0.15) is 5.56 Å². The average molecular weight is 261 g/mol. The van der Waals surface area contributed by atoms with E-state index >= 15 is 0 Å². The molecule has 0 unspecified atom stereocenters. The van der Waals surface area contributed by atoms with Gasteiger partial charge in [-0.1, -0.05) is 30.3 Å². The van der Waals surface area contributed by atoms with Crippen LogP contribution in [0.2, 0.25) is 0 Å². The van der Waals surface area contributed by atoms with Gasteiger partial charge in [-0.2, -0.15) is 10.5 Å². The first-order valence-corrected chi connectivity index (χ1v) is 5.88. The molecule has 0 aliphatic carbocycles. The Balaban J connectivity index is 2.48. The molecule has 0 aromatic heterocycles. The molecule has 0 aliphatic heterocycles. The number of nitriles is 2. The minimum absolute atomic E-state index is 0.110. The molecule has 4 heteroatoms. The van der Waals surface area contributed by atoms with Crippen molar-refractivity contribution in [2.45, 2.75) is 0 Å². The largest absolute Gasteiger partial charge is 0.457 e. The first-order chi connectivity index (χ1) is 9.76. The highest BCUT2D eigenvalue weighted by Crippen LogP contribution is 2.30. The molecule has 4 nitrogen and oxygen atoms in total. The lowest BCUT2D eigenvalue weighted by Crippen LogP contribution is -2.00. The van der Waals surface area contributed by atoms with Crippen molar-refractivity contribution < 1.29 is 4.74 Å². The average Bonchev–Trinajstić information content (AvgIpc) is 2.50. The number of rotatable bonds is 3. The summed E-state index contributed by atoms with van der Waals surface area (Å²) < 4.78 is 5.74. The van der Waals surface area contributed by atoms with Crippen molar-refractivity contribution in [3.63, 3.8) is 0 Å². The summed E-state index contributed by atoms with van der Waals surface area (Å²) in [4.78, 5) is 0. The van der Waals surface area contributed by atoms with E-state index in [0.29, 0.717) is 17.1 Å². The first kappa shape index (κ1) is 13.2. The van der Waals surface area contributed by atoms with E-state index in [4.69, 9.17) is 15.7 Å². The molecule has 0 radical (unpaired) electrons. The fourth-order valence-corrected chi connectivity index (χ4v) is 1.70. The topological polar surface area (TPSA) is 82.8 Å². The second kappa shape index (κ2) is 6.08. The molecule has 0 amide bonds. The second-order valence-electron chi connectivity index (χ2n) is 3.92. The maximum Gasteiger partial charge on any atom is 0.136 e. The van der Waals surface area contributed by atoms with Crippen molar-refractivity contribution in [3.05, 3.63) is 65.9 Å². The third-order valence-corrected chi connectivity index (χ3v) is 2.63. The van der Waals surface area contributed by atoms with Crippen LogP contribution in [-0.2, 0) is 0 Å². The Morgan fingerprint density at radius 2 is 1.55 bits per heavy atom. The van der Waals surface area contributed by atoms with Crippen molar-refractivity contribution in [2.75, 3.05) is 0 Å². The van der Waals surface area contributed by atoms with Gasteiger partial charge in [-0.15, -0.1) is 0 Å². The Morgan fingerprint density at radius 3 is 2.20 bits per heavy atom. The Labute approximate surface area is 116 Å². The lowest BCUT2D eigenvalue weighted by molar-refractivity contribution is 0.481. The van der Waals surface area contributed by atoms with E-state index in [9.17, 15) is 5.26 Å². The van der Waals surface area contributed by atoms with Gasteiger partial charge in [0.2, 0.25) is 0 Å². The Hall–Kier alpha value is -3.24. The number of hydrogen-bond acceptors (Lipinski definition) is 4. The Bertz CT molecular complexity index is 721. The molecule has 96 valence electrons. The van der Waals surface area contributed by atoms with E-state index in [2.05, 4.69) is 0 Å². The third kappa shape index (κ3) is 2.77. The molecule has 0 fully saturated rings. The van der Waals surface area contributed by atoms with Gasteiger partial charge in [-0.25, -0.2) is 0 Å². The van der Waals surface area contributed by atoms with E-state index in [1.807, 2.05) is 24.3 Å². The number of allylic oxidation sites excluding steroid dienone is 2. The molecular formula is C16H11N3O. The molecule has 0 atom stereocenters. The van der Waals surface area contributed by atoms with Crippen molar-refractivity contribution in [1.29, 1.82) is 10.5 Å². The number of benzene rings is 2.